The van der Waals surface area contributed by atoms with Crippen LogP contribution in [-0.4, -0.2) is 106 Å². The van der Waals surface area contributed by atoms with E-state index in [0.29, 0.717) is 28.5 Å². The van der Waals surface area contributed by atoms with E-state index in [2.05, 4.69) is 39.5 Å². The van der Waals surface area contributed by atoms with Crippen LogP contribution >= 0.6 is 15.6 Å². The number of phosphoric ester groups is 1. The number of fused-ring (bicyclic) bond motifs is 2. The van der Waals surface area contributed by atoms with E-state index in [0.717, 1.165) is 17.6 Å². The molecule has 58 heavy (non-hydrogen) atoms. The Morgan fingerprint density at radius 3 is 2.12 bits per heavy atom. The molecule has 1 saturated carbocycles. The summed E-state index contributed by atoms with van der Waals surface area (Å²) >= 11 is 0. The first-order chi connectivity index (χ1) is 27.9. The molecule has 0 radical (unpaired) electrons. The second kappa shape index (κ2) is 18.2. The molecule has 8 rings (SSSR count). The zero-order chi connectivity index (χ0) is 40.9. The number of esters is 1. The summed E-state index contributed by atoms with van der Waals surface area (Å²) in [5, 5.41) is 2.63. The lowest BCUT2D eigenvalue weighted by Crippen LogP contribution is -2.35. The van der Waals surface area contributed by atoms with Crippen molar-refractivity contribution in [3.8, 4) is 5.75 Å². The fraction of sp³-hybridized carbons (Fsp3) is 0.485. The zero-order valence-electron chi connectivity index (χ0n) is 31.3. The first kappa shape index (κ1) is 41.6. The summed E-state index contributed by atoms with van der Waals surface area (Å²) in [6, 6.07) is 7.60. The van der Waals surface area contributed by atoms with E-state index < -0.39 is 52.6 Å². The summed E-state index contributed by atoms with van der Waals surface area (Å²) in [5.74, 6) is 0.655. The van der Waals surface area contributed by atoms with Gasteiger partial charge in [0.25, 0.3) is 0 Å². The van der Waals surface area contributed by atoms with Crippen molar-refractivity contribution in [3.05, 3.63) is 61.3 Å². The van der Waals surface area contributed by atoms with Crippen molar-refractivity contribution in [2.45, 2.75) is 64.2 Å². The number of nitrogen functional groups attached to an aromatic ring is 1. The van der Waals surface area contributed by atoms with Crippen LogP contribution in [0.4, 0.5) is 5.82 Å². The second-order valence-electron chi connectivity index (χ2n) is 13.2. The fourth-order valence-corrected chi connectivity index (χ4v) is 7.67. The van der Waals surface area contributed by atoms with Crippen LogP contribution in [0.25, 0.3) is 22.3 Å². The molecule has 0 spiro atoms. The number of imidazole rings is 2. The number of aromatic nitrogens is 8. The Kier molecular flexibility index (Phi) is 13.1. The normalized spacial score (nSPS) is 22.3. The highest BCUT2D eigenvalue weighted by atomic mass is 31.2. The van der Waals surface area contributed by atoms with Gasteiger partial charge in [-0.25, -0.2) is 39.0 Å². The summed E-state index contributed by atoms with van der Waals surface area (Å²) in [4.78, 5) is 54.7. The molecular formula is C33H42N10O13P2. The number of phosphoric acid groups is 1. The zero-order valence-corrected chi connectivity index (χ0v) is 33.0. The molecule has 3 aliphatic rings. The molecule has 5 aromatic rings. The highest BCUT2D eigenvalue weighted by Crippen LogP contribution is 2.45. The number of para-hydroxylation sites is 1. The number of carbonyl (C=O) groups is 1. The van der Waals surface area contributed by atoms with Crippen LogP contribution in [0.3, 0.4) is 0 Å². The van der Waals surface area contributed by atoms with Crippen LogP contribution in [0.2, 0.25) is 0 Å². The lowest BCUT2D eigenvalue weighted by Gasteiger charge is -2.23. The summed E-state index contributed by atoms with van der Waals surface area (Å²) in [5.41, 5.74) is 8.97. The van der Waals surface area contributed by atoms with Crippen LogP contribution < -0.4 is 15.3 Å². The minimum absolute atomic E-state index is 0.157. The van der Waals surface area contributed by atoms with Crippen molar-refractivity contribution >= 4 is 49.7 Å². The van der Waals surface area contributed by atoms with E-state index in [-0.39, 0.29) is 38.9 Å². The standard InChI is InChI=1S/C24H30N5O7P.C9H12N5O6P/c1-3-32-24(30)16(2)28-37(31,36-18-7-5-4-6-8-18)34-13-21-33-12-20(35-21)29-15-27-22-19(11-17-9-10-17)25-14-26-23(22)29;10-8-7-9(12-3-11-8)14(4-13-7)5-1-18-6(20-5)2-19-21(15,16)17/h4-8,14-17,20-21H,3,9-13H2,1-2H3,(H,28,31);3-6H,1-2H2,(H2,10,11,12)(H2,15,16,17)/t16-,20+,21+,37-;5-,6-/m01/s1. The maximum atomic E-state index is 13.6. The molecule has 1 aromatic carbocycles. The van der Waals surface area contributed by atoms with Crippen molar-refractivity contribution in [1.29, 1.82) is 0 Å². The molecule has 2 saturated heterocycles. The largest absolute Gasteiger partial charge is 0.469 e. The molecule has 0 amide bonds. The second-order valence-corrected chi connectivity index (χ2v) is 16.1. The summed E-state index contributed by atoms with van der Waals surface area (Å²) in [6.45, 7) is 3.18. The Morgan fingerprint density at radius 2 is 1.50 bits per heavy atom. The van der Waals surface area contributed by atoms with Gasteiger partial charge in [-0.1, -0.05) is 18.2 Å². The van der Waals surface area contributed by atoms with Crippen LogP contribution in [0.1, 0.15) is 44.8 Å². The predicted molar refractivity (Wildman–Crippen MR) is 199 cm³/mol. The highest BCUT2D eigenvalue weighted by molar-refractivity contribution is 7.52. The fourth-order valence-electron chi connectivity index (χ4n) is 5.87. The van der Waals surface area contributed by atoms with E-state index in [1.54, 1.807) is 59.0 Å². The van der Waals surface area contributed by atoms with Gasteiger partial charge < -0.3 is 43.7 Å². The van der Waals surface area contributed by atoms with Gasteiger partial charge in [0.15, 0.2) is 42.1 Å². The number of hydrogen-bond donors (Lipinski definition) is 4. The lowest BCUT2D eigenvalue weighted by molar-refractivity contribution is -0.144. The van der Waals surface area contributed by atoms with E-state index in [9.17, 15) is 13.9 Å². The van der Waals surface area contributed by atoms with Gasteiger partial charge in [0.1, 0.15) is 48.7 Å². The maximum Gasteiger partial charge on any atom is 0.469 e. The van der Waals surface area contributed by atoms with E-state index in [1.807, 2.05) is 0 Å². The minimum atomic E-state index is -4.56. The molecule has 5 N–H and O–H groups in total. The number of hydrogen-bond acceptors (Lipinski definition) is 18. The first-order valence-electron chi connectivity index (χ1n) is 18.1. The molecule has 6 heterocycles. The molecule has 25 heteroatoms. The molecule has 1 aliphatic carbocycles. The van der Waals surface area contributed by atoms with Crippen LogP contribution in [0.15, 0.2) is 55.6 Å². The molecular weight excluding hydrogens is 806 g/mol. The van der Waals surface area contributed by atoms with Crippen molar-refractivity contribution in [3.63, 3.8) is 0 Å². The topological polar surface area (TPSA) is 291 Å². The average molecular weight is 849 g/mol. The Hall–Kier alpha value is -4.51. The van der Waals surface area contributed by atoms with Crippen LogP contribution in [0, 0.1) is 5.92 Å². The number of nitrogens with one attached hydrogen (secondary N) is 1. The number of nitrogens with two attached hydrogens (primary N) is 1. The maximum absolute atomic E-state index is 13.6. The number of nitrogens with zero attached hydrogens (tertiary/aromatic N) is 8. The monoisotopic (exact) mass is 848 g/mol. The quantitative estimate of drug-likeness (QED) is 0.0820. The lowest BCUT2D eigenvalue weighted by atomic mass is 10.2. The van der Waals surface area contributed by atoms with E-state index in [1.165, 1.54) is 32.4 Å². The number of benzene rings is 1. The van der Waals surface area contributed by atoms with Crippen molar-refractivity contribution in [2.24, 2.45) is 5.92 Å². The third kappa shape index (κ3) is 10.6. The molecule has 312 valence electrons. The van der Waals surface area contributed by atoms with Crippen molar-refractivity contribution in [2.75, 3.05) is 38.8 Å². The highest BCUT2D eigenvalue weighted by Gasteiger charge is 2.37. The van der Waals surface area contributed by atoms with Crippen molar-refractivity contribution < 1.29 is 61.0 Å². The third-order valence-corrected chi connectivity index (χ3v) is 10.9. The molecule has 3 fully saturated rings. The van der Waals surface area contributed by atoms with Crippen LogP contribution in [-0.2, 0) is 53.1 Å². The summed E-state index contributed by atoms with van der Waals surface area (Å²) in [6.07, 6.45) is 6.57. The summed E-state index contributed by atoms with van der Waals surface area (Å²) < 4.78 is 70.7. The van der Waals surface area contributed by atoms with Gasteiger partial charge in [-0.15, -0.1) is 0 Å². The minimum Gasteiger partial charge on any atom is -0.465 e. The van der Waals surface area contributed by atoms with Gasteiger partial charge in [0.05, 0.1) is 38.2 Å². The van der Waals surface area contributed by atoms with Gasteiger partial charge in [0, 0.05) is 0 Å². The van der Waals surface area contributed by atoms with E-state index in [4.69, 9.17) is 48.3 Å². The molecule has 0 unspecified atom stereocenters. The number of rotatable bonds is 16. The van der Waals surface area contributed by atoms with Gasteiger partial charge in [-0.05, 0) is 51.2 Å². The molecule has 4 aromatic heterocycles. The SMILES string of the molecule is CCOC(=O)[C@H](C)N[P@](=O)(OC[C@@H]1OC[C@H](n2cnc3c(CC4CC4)ncnc32)O1)Oc1ccccc1.Nc1ncnc2c1ncn2[C@H]1CO[C@@H](COP(=O)(O)O)O1. The summed E-state index contributed by atoms with van der Waals surface area (Å²) in [7, 11) is -8.57. The van der Waals surface area contributed by atoms with Gasteiger partial charge in [-0.2, -0.15) is 5.09 Å². The predicted octanol–water partition coefficient (Wildman–Crippen LogP) is 2.78. The Balaban J connectivity index is 0.000000206. The number of anilines is 1. The van der Waals surface area contributed by atoms with Gasteiger partial charge in [-0.3, -0.25) is 23.0 Å². The van der Waals surface area contributed by atoms with Crippen LogP contribution in [0.5, 0.6) is 5.75 Å². The first-order valence-corrected chi connectivity index (χ1v) is 21.2. The molecule has 2 aliphatic heterocycles. The Labute approximate surface area is 330 Å². The third-order valence-electron chi connectivity index (χ3n) is 8.81. The number of ether oxygens (including phenoxy) is 5. The smallest absolute Gasteiger partial charge is 0.465 e. The Morgan fingerprint density at radius 1 is 0.897 bits per heavy atom. The molecule has 0 bridgehead atoms. The molecule has 23 nitrogen and oxygen atoms in total. The van der Waals surface area contributed by atoms with Gasteiger partial charge >= 0.3 is 21.5 Å². The van der Waals surface area contributed by atoms with Gasteiger partial charge in [0.2, 0.25) is 0 Å². The van der Waals surface area contributed by atoms with E-state index >= 15 is 0 Å². The Bertz CT molecular complexity index is 2270. The number of carbonyl (C=O) groups excluding carboxylic acids is 1. The van der Waals surface area contributed by atoms with Crippen molar-refractivity contribution in [1.82, 2.24) is 44.1 Å². The molecule has 6 atom stereocenters. The average Bonchev–Trinajstić information content (AvgIpc) is 3.62.